The molecule has 1 aromatic carbocycles. The SMILES string of the molecule is CCN(CC)CCCOC(=O)c1ccc([N+](=O)[O-])cc1. The lowest BCUT2D eigenvalue weighted by molar-refractivity contribution is -0.384. The summed E-state index contributed by atoms with van der Waals surface area (Å²) in [5.41, 5.74) is 0.293. The van der Waals surface area contributed by atoms with Gasteiger partial charge in [0.25, 0.3) is 5.69 Å². The summed E-state index contributed by atoms with van der Waals surface area (Å²) in [4.78, 5) is 24.0. The molecule has 0 saturated carbocycles. The van der Waals surface area contributed by atoms with Crippen LogP contribution in [0.15, 0.2) is 24.3 Å². The van der Waals surface area contributed by atoms with Gasteiger partial charge in [0, 0.05) is 18.7 Å². The van der Waals surface area contributed by atoms with Crippen LogP contribution in [0.2, 0.25) is 0 Å². The molecule has 0 aromatic heterocycles. The molecule has 6 heteroatoms. The van der Waals surface area contributed by atoms with E-state index in [-0.39, 0.29) is 5.69 Å². The van der Waals surface area contributed by atoms with E-state index in [4.69, 9.17) is 4.74 Å². The molecule has 0 fully saturated rings. The first-order valence-electron chi connectivity index (χ1n) is 6.72. The Morgan fingerprint density at radius 3 is 2.35 bits per heavy atom. The van der Waals surface area contributed by atoms with Crippen molar-refractivity contribution in [2.24, 2.45) is 0 Å². The molecular weight excluding hydrogens is 260 g/mol. The van der Waals surface area contributed by atoms with Crippen LogP contribution in [-0.2, 0) is 4.74 Å². The molecule has 20 heavy (non-hydrogen) atoms. The Hall–Kier alpha value is -1.95. The minimum Gasteiger partial charge on any atom is -0.462 e. The number of rotatable bonds is 8. The van der Waals surface area contributed by atoms with E-state index in [0.29, 0.717) is 12.2 Å². The van der Waals surface area contributed by atoms with Gasteiger partial charge in [-0.1, -0.05) is 13.8 Å². The molecule has 0 amide bonds. The van der Waals surface area contributed by atoms with Crippen molar-refractivity contribution in [1.82, 2.24) is 4.90 Å². The van der Waals surface area contributed by atoms with Crippen molar-refractivity contribution in [2.75, 3.05) is 26.2 Å². The third-order valence-electron chi connectivity index (χ3n) is 3.06. The van der Waals surface area contributed by atoms with E-state index < -0.39 is 10.9 Å². The summed E-state index contributed by atoms with van der Waals surface area (Å²) in [6.45, 7) is 7.38. The van der Waals surface area contributed by atoms with Crippen molar-refractivity contribution in [1.29, 1.82) is 0 Å². The molecule has 0 heterocycles. The van der Waals surface area contributed by atoms with Crippen molar-refractivity contribution in [3.8, 4) is 0 Å². The fourth-order valence-corrected chi connectivity index (χ4v) is 1.80. The third-order valence-corrected chi connectivity index (χ3v) is 3.06. The number of nitro benzene ring substituents is 1. The second-order valence-corrected chi connectivity index (χ2v) is 4.32. The van der Waals surface area contributed by atoms with Gasteiger partial charge in [-0.2, -0.15) is 0 Å². The first-order valence-corrected chi connectivity index (χ1v) is 6.72. The molecule has 0 radical (unpaired) electrons. The maximum absolute atomic E-state index is 11.7. The number of benzene rings is 1. The number of hydrogen-bond donors (Lipinski definition) is 0. The second kappa shape index (κ2) is 8.27. The molecular formula is C14H20N2O4. The smallest absolute Gasteiger partial charge is 0.338 e. The van der Waals surface area contributed by atoms with Crippen LogP contribution in [0.1, 0.15) is 30.6 Å². The van der Waals surface area contributed by atoms with Crippen LogP contribution in [0, 0.1) is 10.1 Å². The third kappa shape index (κ3) is 4.97. The fraction of sp³-hybridized carbons (Fsp3) is 0.500. The van der Waals surface area contributed by atoms with Gasteiger partial charge in [0.05, 0.1) is 17.1 Å². The van der Waals surface area contributed by atoms with Gasteiger partial charge in [-0.3, -0.25) is 10.1 Å². The molecule has 0 N–H and O–H groups in total. The summed E-state index contributed by atoms with van der Waals surface area (Å²) < 4.78 is 5.13. The lowest BCUT2D eigenvalue weighted by Gasteiger charge is -2.17. The second-order valence-electron chi connectivity index (χ2n) is 4.32. The summed E-state index contributed by atoms with van der Waals surface area (Å²) in [5.74, 6) is -0.445. The number of non-ortho nitro benzene ring substituents is 1. The fourth-order valence-electron chi connectivity index (χ4n) is 1.80. The molecule has 0 unspecified atom stereocenters. The standard InChI is InChI=1S/C14H20N2O4/c1-3-15(4-2)10-5-11-20-14(17)12-6-8-13(9-7-12)16(18)19/h6-9H,3-5,10-11H2,1-2H3. The van der Waals surface area contributed by atoms with E-state index >= 15 is 0 Å². The largest absolute Gasteiger partial charge is 0.462 e. The zero-order valence-electron chi connectivity index (χ0n) is 11.9. The van der Waals surface area contributed by atoms with Gasteiger partial charge in [0.2, 0.25) is 0 Å². The highest BCUT2D eigenvalue weighted by Gasteiger charge is 2.10. The molecule has 0 spiro atoms. The van der Waals surface area contributed by atoms with Crippen LogP contribution in [-0.4, -0.2) is 42.0 Å². The van der Waals surface area contributed by atoms with E-state index in [1.807, 2.05) is 0 Å². The van der Waals surface area contributed by atoms with Crippen molar-refractivity contribution in [3.05, 3.63) is 39.9 Å². The van der Waals surface area contributed by atoms with Gasteiger partial charge < -0.3 is 9.64 Å². The highest BCUT2D eigenvalue weighted by molar-refractivity contribution is 5.89. The van der Waals surface area contributed by atoms with Crippen molar-refractivity contribution >= 4 is 11.7 Å². The van der Waals surface area contributed by atoms with Gasteiger partial charge in [-0.05, 0) is 31.6 Å². The van der Waals surface area contributed by atoms with Gasteiger partial charge in [-0.15, -0.1) is 0 Å². The number of nitro groups is 1. The Balaban J connectivity index is 2.37. The molecule has 0 aliphatic carbocycles. The monoisotopic (exact) mass is 280 g/mol. The molecule has 0 bridgehead atoms. The Labute approximate surface area is 118 Å². The summed E-state index contributed by atoms with van der Waals surface area (Å²) in [6, 6.07) is 5.41. The zero-order chi connectivity index (χ0) is 15.0. The van der Waals surface area contributed by atoms with Crippen LogP contribution in [0.3, 0.4) is 0 Å². The van der Waals surface area contributed by atoms with Gasteiger partial charge in [0.1, 0.15) is 0 Å². The number of nitrogens with zero attached hydrogens (tertiary/aromatic N) is 2. The van der Waals surface area contributed by atoms with Crippen LogP contribution in [0.25, 0.3) is 0 Å². The Bertz CT molecular complexity index is 441. The van der Waals surface area contributed by atoms with Gasteiger partial charge in [0.15, 0.2) is 0 Å². The quantitative estimate of drug-likeness (QED) is 0.316. The minimum absolute atomic E-state index is 0.0388. The van der Waals surface area contributed by atoms with Crippen LogP contribution >= 0.6 is 0 Å². The maximum atomic E-state index is 11.7. The average Bonchev–Trinajstić information content (AvgIpc) is 2.47. The Morgan fingerprint density at radius 1 is 1.25 bits per heavy atom. The molecule has 0 aliphatic rings. The lowest BCUT2D eigenvalue weighted by Crippen LogP contribution is -2.25. The minimum atomic E-state index is -0.501. The van der Waals surface area contributed by atoms with E-state index in [9.17, 15) is 14.9 Å². The van der Waals surface area contributed by atoms with Crippen molar-refractivity contribution in [2.45, 2.75) is 20.3 Å². The van der Waals surface area contributed by atoms with E-state index in [1.165, 1.54) is 24.3 Å². The first kappa shape index (κ1) is 16.1. The predicted molar refractivity (Wildman–Crippen MR) is 75.8 cm³/mol. The van der Waals surface area contributed by atoms with Gasteiger partial charge >= 0.3 is 5.97 Å². The predicted octanol–water partition coefficient (Wildman–Crippen LogP) is 2.48. The molecule has 110 valence electrons. The number of carbonyl (C=O) groups is 1. The normalized spacial score (nSPS) is 10.6. The first-order chi connectivity index (χ1) is 9.58. The molecule has 1 aromatic rings. The molecule has 0 atom stereocenters. The number of hydrogen-bond acceptors (Lipinski definition) is 5. The number of ether oxygens (including phenoxy) is 1. The van der Waals surface area contributed by atoms with E-state index in [1.54, 1.807) is 0 Å². The van der Waals surface area contributed by atoms with Gasteiger partial charge in [-0.25, -0.2) is 4.79 Å². The zero-order valence-corrected chi connectivity index (χ0v) is 11.9. The van der Waals surface area contributed by atoms with Crippen LogP contribution < -0.4 is 0 Å². The topological polar surface area (TPSA) is 72.7 Å². The van der Waals surface area contributed by atoms with Crippen molar-refractivity contribution in [3.63, 3.8) is 0 Å². The summed E-state index contributed by atoms with van der Waals surface area (Å²) >= 11 is 0. The molecule has 0 saturated heterocycles. The molecule has 1 rings (SSSR count). The van der Waals surface area contributed by atoms with E-state index in [0.717, 1.165) is 26.1 Å². The number of carbonyl (C=O) groups excluding carboxylic acids is 1. The highest BCUT2D eigenvalue weighted by atomic mass is 16.6. The molecule has 0 aliphatic heterocycles. The van der Waals surface area contributed by atoms with Crippen LogP contribution in [0.4, 0.5) is 5.69 Å². The van der Waals surface area contributed by atoms with E-state index in [2.05, 4.69) is 18.7 Å². The van der Waals surface area contributed by atoms with Crippen molar-refractivity contribution < 1.29 is 14.5 Å². The maximum Gasteiger partial charge on any atom is 0.338 e. The summed E-state index contributed by atoms with van der Waals surface area (Å²) in [5, 5.41) is 10.5. The Kier molecular flexibility index (Phi) is 6.66. The lowest BCUT2D eigenvalue weighted by atomic mass is 10.2. The Morgan fingerprint density at radius 2 is 1.85 bits per heavy atom. The highest BCUT2D eigenvalue weighted by Crippen LogP contribution is 2.12. The average molecular weight is 280 g/mol. The van der Waals surface area contributed by atoms with Crippen LogP contribution in [0.5, 0.6) is 0 Å². The number of esters is 1. The summed E-state index contributed by atoms with van der Waals surface area (Å²) in [7, 11) is 0. The summed E-state index contributed by atoms with van der Waals surface area (Å²) in [6.07, 6.45) is 0.778. The molecule has 6 nitrogen and oxygen atoms in total.